The Morgan fingerprint density at radius 1 is 1.50 bits per heavy atom. The summed E-state index contributed by atoms with van der Waals surface area (Å²) in [7, 11) is 1.70. The Bertz CT molecular complexity index is 202. The van der Waals surface area contributed by atoms with Crippen LogP contribution in [0.2, 0.25) is 0 Å². The Hall–Kier alpha value is -0.610. The number of nitrogens with one attached hydrogen (secondary N) is 2. The normalized spacial score (nSPS) is 21.1. The van der Waals surface area contributed by atoms with Gasteiger partial charge in [0.1, 0.15) is 0 Å². The second-order valence-corrected chi connectivity index (χ2v) is 4.56. The molecular formula is C12H25N3O. The summed E-state index contributed by atoms with van der Waals surface area (Å²) in [6, 6.07) is 0.574. The van der Waals surface area contributed by atoms with Crippen LogP contribution in [-0.4, -0.2) is 50.1 Å². The van der Waals surface area contributed by atoms with E-state index in [9.17, 15) is 4.79 Å². The maximum absolute atomic E-state index is 11.4. The zero-order chi connectivity index (χ0) is 11.8. The van der Waals surface area contributed by atoms with Gasteiger partial charge in [-0.3, -0.25) is 9.69 Å². The molecule has 1 aliphatic rings. The van der Waals surface area contributed by atoms with Crippen LogP contribution in [0.15, 0.2) is 0 Å². The zero-order valence-corrected chi connectivity index (χ0v) is 10.6. The first-order valence-corrected chi connectivity index (χ1v) is 6.42. The highest BCUT2D eigenvalue weighted by Gasteiger charge is 2.17. The summed E-state index contributed by atoms with van der Waals surface area (Å²) >= 11 is 0. The van der Waals surface area contributed by atoms with E-state index in [1.165, 1.54) is 19.3 Å². The van der Waals surface area contributed by atoms with Crippen molar-refractivity contribution in [1.82, 2.24) is 15.5 Å². The number of nitrogens with zero attached hydrogens (tertiary/aromatic N) is 1. The molecule has 94 valence electrons. The lowest BCUT2D eigenvalue weighted by molar-refractivity contribution is -0.121. The number of rotatable bonds is 6. The monoisotopic (exact) mass is 227 g/mol. The van der Waals surface area contributed by atoms with Crippen molar-refractivity contribution < 1.29 is 4.79 Å². The maximum Gasteiger partial charge on any atom is 0.233 e. The van der Waals surface area contributed by atoms with E-state index in [1.54, 1.807) is 7.05 Å². The van der Waals surface area contributed by atoms with E-state index >= 15 is 0 Å². The summed E-state index contributed by atoms with van der Waals surface area (Å²) in [5.74, 6) is 0.115. The smallest absolute Gasteiger partial charge is 0.233 e. The second kappa shape index (κ2) is 7.63. The van der Waals surface area contributed by atoms with Gasteiger partial charge in [0.25, 0.3) is 0 Å². The third-order valence-electron chi connectivity index (χ3n) is 3.08. The Morgan fingerprint density at radius 3 is 2.88 bits per heavy atom. The molecule has 0 aromatic carbocycles. The van der Waals surface area contributed by atoms with E-state index in [0.717, 1.165) is 26.1 Å². The summed E-state index contributed by atoms with van der Waals surface area (Å²) in [6.45, 7) is 5.82. The van der Waals surface area contributed by atoms with Crippen molar-refractivity contribution in [3.05, 3.63) is 0 Å². The summed E-state index contributed by atoms with van der Waals surface area (Å²) in [5.41, 5.74) is 0. The average molecular weight is 227 g/mol. The molecule has 1 unspecified atom stereocenters. The summed E-state index contributed by atoms with van der Waals surface area (Å²) < 4.78 is 0. The molecule has 1 heterocycles. The summed E-state index contributed by atoms with van der Waals surface area (Å²) in [6.07, 6.45) is 4.95. The molecule has 16 heavy (non-hydrogen) atoms. The second-order valence-electron chi connectivity index (χ2n) is 4.56. The highest BCUT2D eigenvalue weighted by Crippen LogP contribution is 2.08. The van der Waals surface area contributed by atoms with Gasteiger partial charge in [-0.1, -0.05) is 13.3 Å². The predicted molar refractivity (Wildman–Crippen MR) is 66.4 cm³/mol. The number of hydrogen-bond donors (Lipinski definition) is 2. The van der Waals surface area contributed by atoms with Gasteiger partial charge in [-0.2, -0.15) is 0 Å². The lowest BCUT2D eigenvalue weighted by Gasteiger charge is -2.29. The number of carbonyl (C=O) groups excluding carboxylic acids is 1. The molecule has 4 nitrogen and oxygen atoms in total. The van der Waals surface area contributed by atoms with Crippen molar-refractivity contribution in [2.45, 2.75) is 38.6 Å². The van der Waals surface area contributed by atoms with Crippen molar-refractivity contribution in [3.8, 4) is 0 Å². The zero-order valence-electron chi connectivity index (χ0n) is 10.6. The van der Waals surface area contributed by atoms with E-state index in [0.29, 0.717) is 12.6 Å². The van der Waals surface area contributed by atoms with E-state index in [2.05, 4.69) is 22.5 Å². The molecule has 0 radical (unpaired) electrons. The van der Waals surface area contributed by atoms with Crippen molar-refractivity contribution >= 4 is 5.91 Å². The highest BCUT2D eigenvalue weighted by molar-refractivity contribution is 5.77. The number of likely N-dealkylation sites (N-methyl/N-ethyl adjacent to an activating group) is 1. The molecule has 0 aromatic rings. The lowest BCUT2D eigenvalue weighted by atomic mass is 10.0. The van der Waals surface area contributed by atoms with E-state index in [-0.39, 0.29) is 5.91 Å². The molecule has 1 atom stereocenters. The number of amides is 1. The van der Waals surface area contributed by atoms with Gasteiger partial charge in [-0.05, 0) is 32.4 Å². The van der Waals surface area contributed by atoms with Gasteiger partial charge in [0.2, 0.25) is 5.91 Å². The van der Waals surface area contributed by atoms with Gasteiger partial charge in [-0.15, -0.1) is 0 Å². The van der Waals surface area contributed by atoms with Crippen LogP contribution in [0.25, 0.3) is 0 Å². The van der Waals surface area contributed by atoms with Crippen LogP contribution in [-0.2, 0) is 4.79 Å². The maximum atomic E-state index is 11.4. The third-order valence-corrected chi connectivity index (χ3v) is 3.08. The Labute approximate surface area is 98.8 Å². The van der Waals surface area contributed by atoms with Crippen LogP contribution in [0.3, 0.4) is 0 Å². The lowest BCUT2D eigenvalue weighted by Crippen LogP contribution is -2.46. The van der Waals surface area contributed by atoms with Crippen molar-refractivity contribution in [2.75, 3.05) is 33.2 Å². The number of piperidine rings is 1. The first-order valence-electron chi connectivity index (χ1n) is 6.42. The van der Waals surface area contributed by atoms with Gasteiger partial charge in [-0.25, -0.2) is 0 Å². The van der Waals surface area contributed by atoms with Gasteiger partial charge < -0.3 is 10.6 Å². The molecule has 1 rings (SSSR count). The van der Waals surface area contributed by atoms with Gasteiger partial charge in [0, 0.05) is 19.6 Å². The number of hydrogen-bond acceptors (Lipinski definition) is 3. The summed E-state index contributed by atoms with van der Waals surface area (Å²) in [4.78, 5) is 13.6. The van der Waals surface area contributed by atoms with Crippen LogP contribution in [0.4, 0.5) is 0 Å². The molecule has 4 heteroatoms. The fourth-order valence-corrected chi connectivity index (χ4v) is 2.22. The Balaban J connectivity index is 2.33. The van der Waals surface area contributed by atoms with Crippen molar-refractivity contribution in [3.63, 3.8) is 0 Å². The van der Waals surface area contributed by atoms with Gasteiger partial charge in [0.15, 0.2) is 0 Å². The fraction of sp³-hybridized carbons (Fsp3) is 0.917. The summed E-state index contributed by atoms with van der Waals surface area (Å²) in [5, 5.41) is 6.22. The molecule has 0 spiro atoms. The fourth-order valence-electron chi connectivity index (χ4n) is 2.22. The quantitative estimate of drug-likeness (QED) is 0.698. The molecule has 1 fully saturated rings. The Kier molecular flexibility index (Phi) is 6.42. The van der Waals surface area contributed by atoms with Crippen molar-refractivity contribution in [1.29, 1.82) is 0 Å². The first-order chi connectivity index (χ1) is 7.76. The van der Waals surface area contributed by atoms with Crippen LogP contribution >= 0.6 is 0 Å². The highest BCUT2D eigenvalue weighted by atomic mass is 16.1. The van der Waals surface area contributed by atoms with E-state index < -0.39 is 0 Å². The molecular weight excluding hydrogens is 202 g/mol. The van der Waals surface area contributed by atoms with Crippen LogP contribution in [0.5, 0.6) is 0 Å². The molecule has 2 N–H and O–H groups in total. The first kappa shape index (κ1) is 13.5. The van der Waals surface area contributed by atoms with Crippen LogP contribution in [0, 0.1) is 0 Å². The van der Waals surface area contributed by atoms with E-state index in [1.807, 2.05) is 0 Å². The largest absolute Gasteiger partial charge is 0.358 e. The molecule has 0 bridgehead atoms. The molecule has 1 aliphatic heterocycles. The standard InChI is InChI=1S/C12H25N3O/c1-3-8-15(10-12(16)13-2)9-11-6-4-5-7-14-11/h11,14H,3-10H2,1-2H3,(H,13,16). The minimum absolute atomic E-state index is 0.115. The minimum Gasteiger partial charge on any atom is -0.358 e. The molecule has 0 aromatic heterocycles. The molecule has 1 saturated heterocycles. The van der Waals surface area contributed by atoms with Gasteiger partial charge >= 0.3 is 0 Å². The van der Waals surface area contributed by atoms with Gasteiger partial charge in [0.05, 0.1) is 6.54 Å². The van der Waals surface area contributed by atoms with Crippen LogP contribution < -0.4 is 10.6 Å². The predicted octanol–water partition coefficient (Wildman–Crippen LogP) is 0.587. The molecule has 0 aliphatic carbocycles. The molecule has 1 amide bonds. The van der Waals surface area contributed by atoms with Crippen LogP contribution in [0.1, 0.15) is 32.6 Å². The SMILES string of the molecule is CCCN(CC(=O)NC)CC1CCCCN1. The van der Waals surface area contributed by atoms with Crippen molar-refractivity contribution in [2.24, 2.45) is 0 Å². The average Bonchev–Trinajstić information content (AvgIpc) is 2.30. The number of carbonyl (C=O) groups is 1. The topological polar surface area (TPSA) is 44.4 Å². The van der Waals surface area contributed by atoms with E-state index in [4.69, 9.17) is 0 Å². The Morgan fingerprint density at radius 2 is 2.31 bits per heavy atom. The minimum atomic E-state index is 0.115. The molecule has 0 saturated carbocycles. The third kappa shape index (κ3) is 4.94.